The summed E-state index contributed by atoms with van der Waals surface area (Å²) < 4.78 is 1.17. The minimum atomic E-state index is 0.716. The van der Waals surface area contributed by atoms with E-state index < -0.39 is 0 Å². The second kappa shape index (κ2) is 6.38. The van der Waals surface area contributed by atoms with Crippen LogP contribution >= 0.6 is 15.9 Å². The van der Waals surface area contributed by atoms with Crippen LogP contribution in [0.4, 0.5) is 0 Å². The lowest BCUT2D eigenvalue weighted by Crippen LogP contribution is -2.40. The Hall–Kier alpha value is -0.380. The molecule has 1 aromatic carbocycles. The minimum absolute atomic E-state index is 0.716. The highest BCUT2D eigenvalue weighted by Crippen LogP contribution is 2.12. The van der Waals surface area contributed by atoms with Crippen LogP contribution in [0.1, 0.15) is 18.4 Å². The van der Waals surface area contributed by atoms with Crippen molar-refractivity contribution in [1.29, 1.82) is 0 Å². The molecule has 2 N–H and O–H groups in total. The summed E-state index contributed by atoms with van der Waals surface area (Å²) in [6.07, 6.45) is 3.64. The zero-order chi connectivity index (χ0) is 11.2. The Morgan fingerprint density at radius 2 is 2.12 bits per heavy atom. The van der Waals surface area contributed by atoms with E-state index in [0.717, 1.165) is 26.1 Å². The molecule has 0 amide bonds. The highest BCUT2D eigenvalue weighted by atomic mass is 79.9. The van der Waals surface area contributed by atoms with E-state index in [4.69, 9.17) is 0 Å². The third kappa shape index (κ3) is 3.89. The van der Waals surface area contributed by atoms with Crippen molar-refractivity contribution in [2.75, 3.05) is 19.6 Å². The van der Waals surface area contributed by atoms with Crippen molar-refractivity contribution in [3.05, 3.63) is 34.3 Å². The van der Waals surface area contributed by atoms with Crippen LogP contribution in [0.25, 0.3) is 0 Å². The van der Waals surface area contributed by atoms with Crippen molar-refractivity contribution in [3.63, 3.8) is 0 Å². The van der Waals surface area contributed by atoms with Gasteiger partial charge in [-0.2, -0.15) is 0 Å². The van der Waals surface area contributed by atoms with E-state index in [2.05, 4.69) is 50.8 Å². The Morgan fingerprint density at radius 3 is 2.88 bits per heavy atom. The molecule has 3 heteroatoms. The van der Waals surface area contributed by atoms with Gasteiger partial charge in [0, 0.05) is 10.5 Å². The molecule has 0 spiro atoms. The predicted molar refractivity (Wildman–Crippen MR) is 71.7 cm³/mol. The van der Waals surface area contributed by atoms with Crippen LogP contribution in [0.2, 0.25) is 0 Å². The molecule has 1 heterocycles. The molecule has 0 bridgehead atoms. The third-order valence-corrected chi connectivity index (χ3v) is 3.57. The average Bonchev–Trinajstić information content (AvgIpc) is 2.30. The van der Waals surface area contributed by atoms with Gasteiger partial charge in [0.15, 0.2) is 0 Å². The summed E-state index contributed by atoms with van der Waals surface area (Å²) in [4.78, 5) is 0. The molecule has 1 saturated heterocycles. The smallest absolute Gasteiger partial charge is 0.0178 e. The van der Waals surface area contributed by atoms with Gasteiger partial charge >= 0.3 is 0 Å². The monoisotopic (exact) mass is 282 g/mol. The number of hydrogen-bond acceptors (Lipinski definition) is 2. The summed E-state index contributed by atoms with van der Waals surface area (Å²) in [6.45, 7) is 3.41. The molecule has 0 aromatic heterocycles. The summed E-state index contributed by atoms with van der Waals surface area (Å²) in [7, 11) is 0. The van der Waals surface area contributed by atoms with Crippen molar-refractivity contribution in [2.24, 2.45) is 0 Å². The Morgan fingerprint density at radius 1 is 1.31 bits per heavy atom. The lowest BCUT2D eigenvalue weighted by molar-refractivity contribution is 0.389. The van der Waals surface area contributed by atoms with E-state index >= 15 is 0 Å². The first-order chi connectivity index (χ1) is 7.84. The van der Waals surface area contributed by atoms with Gasteiger partial charge in [-0.3, -0.25) is 0 Å². The van der Waals surface area contributed by atoms with Gasteiger partial charge in [0.1, 0.15) is 0 Å². The fourth-order valence-corrected chi connectivity index (χ4v) is 2.59. The zero-order valence-electron chi connectivity index (χ0n) is 9.51. The molecule has 1 aliphatic heterocycles. The second-order valence-electron chi connectivity index (χ2n) is 4.36. The number of nitrogens with one attached hydrogen (secondary N) is 2. The molecule has 16 heavy (non-hydrogen) atoms. The van der Waals surface area contributed by atoms with E-state index in [1.807, 2.05) is 0 Å². The fraction of sp³-hybridized carbons (Fsp3) is 0.538. The van der Waals surface area contributed by atoms with Gasteiger partial charge in [-0.05, 0) is 56.6 Å². The average molecular weight is 283 g/mol. The zero-order valence-corrected chi connectivity index (χ0v) is 11.1. The summed E-state index contributed by atoms with van der Waals surface area (Å²) in [6, 6.07) is 9.28. The number of rotatable bonds is 4. The van der Waals surface area contributed by atoms with E-state index in [1.54, 1.807) is 0 Å². The quantitative estimate of drug-likeness (QED) is 0.886. The molecule has 2 rings (SSSR count). The predicted octanol–water partition coefficient (Wildman–Crippen LogP) is 2.33. The van der Waals surface area contributed by atoms with Crippen molar-refractivity contribution in [3.8, 4) is 0 Å². The van der Waals surface area contributed by atoms with E-state index in [1.165, 1.54) is 22.9 Å². The van der Waals surface area contributed by atoms with Gasteiger partial charge in [-0.15, -0.1) is 0 Å². The standard InChI is InChI=1S/C13H19BrN2/c14-12-3-1-2-11(10-12)4-9-16-13-5-7-15-8-6-13/h1-3,10,13,15-16H,4-9H2. The first-order valence-corrected chi connectivity index (χ1v) is 6.82. The number of piperidine rings is 1. The highest BCUT2D eigenvalue weighted by molar-refractivity contribution is 9.10. The van der Waals surface area contributed by atoms with Gasteiger partial charge in [0.05, 0.1) is 0 Å². The third-order valence-electron chi connectivity index (χ3n) is 3.07. The minimum Gasteiger partial charge on any atom is -0.317 e. The Labute approximate surface area is 106 Å². The summed E-state index contributed by atoms with van der Waals surface area (Å²) in [5.41, 5.74) is 1.40. The van der Waals surface area contributed by atoms with Crippen molar-refractivity contribution in [2.45, 2.75) is 25.3 Å². The molecular formula is C13H19BrN2. The van der Waals surface area contributed by atoms with Crippen LogP contribution in [-0.4, -0.2) is 25.7 Å². The Kier molecular flexibility index (Phi) is 4.82. The molecule has 1 aliphatic rings. The molecule has 1 fully saturated rings. The molecule has 2 nitrogen and oxygen atoms in total. The largest absolute Gasteiger partial charge is 0.317 e. The van der Waals surface area contributed by atoms with Crippen LogP contribution < -0.4 is 10.6 Å². The lowest BCUT2D eigenvalue weighted by atomic mass is 10.1. The van der Waals surface area contributed by atoms with Crippen LogP contribution in [-0.2, 0) is 6.42 Å². The van der Waals surface area contributed by atoms with E-state index in [9.17, 15) is 0 Å². The number of hydrogen-bond donors (Lipinski definition) is 2. The maximum absolute atomic E-state index is 3.63. The lowest BCUT2D eigenvalue weighted by Gasteiger charge is -2.23. The number of benzene rings is 1. The normalized spacial score (nSPS) is 17.6. The Balaban J connectivity index is 1.71. The first-order valence-electron chi connectivity index (χ1n) is 6.03. The Bertz CT molecular complexity index is 321. The topological polar surface area (TPSA) is 24.1 Å². The van der Waals surface area contributed by atoms with Gasteiger partial charge in [0.2, 0.25) is 0 Å². The van der Waals surface area contributed by atoms with E-state index in [0.29, 0.717) is 6.04 Å². The van der Waals surface area contributed by atoms with E-state index in [-0.39, 0.29) is 0 Å². The molecule has 0 radical (unpaired) electrons. The maximum atomic E-state index is 3.63. The fourth-order valence-electron chi connectivity index (χ4n) is 2.14. The van der Waals surface area contributed by atoms with Crippen LogP contribution in [0.3, 0.4) is 0 Å². The second-order valence-corrected chi connectivity index (χ2v) is 5.27. The molecular weight excluding hydrogens is 264 g/mol. The molecule has 0 saturated carbocycles. The van der Waals surface area contributed by atoms with Gasteiger partial charge in [-0.1, -0.05) is 28.1 Å². The summed E-state index contributed by atoms with van der Waals surface area (Å²) >= 11 is 3.50. The molecule has 1 aromatic rings. The van der Waals surface area contributed by atoms with Crippen LogP contribution in [0, 0.1) is 0 Å². The summed E-state index contributed by atoms with van der Waals surface area (Å²) in [5.74, 6) is 0. The van der Waals surface area contributed by atoms with Crippen molar-refractivity contribution in [1.82, 2.24) is 10.6 Å². The van der Waals surface area contributed by atoms with Crippen molar-refractivity contribution >= 4 is 15.9 Å². The summed E-state index contributed by atoms with van der Waals surface area (Å²) in [5, 5.41) is 7.02. The van der Waals surface area contributed by atoms with Crippen LogP contribution in [0.15, 0.2) is 28.7 Å². The van der Waals surface area contributed by atoms with Gasteiger partial charge < -0.3 is 10.6 Å². The van der Waals surface area contributed by atoms with Crippen LogP contribution in [0.5, 0.6) is 0 Å². The molecule has 0 unspecified atom stereocenters. The molecule has 88 valence electrons. The number of halogens is 1. The van der Waals surface area contributed by atoms with Gasteiger partial charge in [0.25, 0.3) is 0 Å². The molecule has 0 atom stereocenters. The highest BCUT2D eigenvalue weighted by Gasteiger charge is 2.11. The first kappa shape index (κ1) is 12.1. The van der Waals surface area contributed by atoms with Crippen molar-refractivity contribution < 1.29 is 0 Å². The maximum Gasteiger partial charge on any atom is 0.0178 e. The SMILES string of the molecule is Brc1cccc(CCNC2CCNCC2)c1. The molecule has 0 aliphatic carbocycles. The van der Waals surface area contributed by atoms with Gasteiger partial charge in [-0.25, -0.2) is 0 Å².